The predicted molar refractivity (Wildman–Crippen MR) is 64.9 cm³/mol. The van der Waals surface area contributed by atoms with Crippen molar-refractivity contribution in [2.24, 2.45) is 0 Å². The zero-order valence-corrected chi connectivity index (χ0v) is 10.3. The van der Waals surface area contributed by atoms with Gasteiger partial charge in [0.1, 0.15) is 5.78 Å². The van der Waals surface area contributed by atoms with E-state index in [2.05, 4.69) is 0 Å². The Bertz CT molecular complexity index is 486. The Balaban J connectivity index is 2.07. The van der Waals surface area contributed by atoms with Crippen molar-refractivity contribution in [1.82, 2.24) is 4.31 Å². The Morgan fingerprint density at radius 2 is 1.65 bits per heavy atom. The molecule has 1 aliphatic rings. The van der Waals surface area contributed by atoms with Crippen molar-refractivity contribution in [3.63, 3.8) is 0 Å². The van der Waals surface area contributed by atoms with Gasteiger partial charge in [0, 0.05) is 25.9 Å². The highest BCUT2D eigenvalue weighted by Gasteiger charge is 2.26. The molecule has 0 spiro atoms. The lowest BCUT2D eigenvalue weighted by atomic mass is 10.1. The number of benzene rings is 1. The molecule has 92 valence electrons. The lowest BCUT2D eigenvalue weighted by Gasteiger charge is -2.25. The number of carbonyl (C=O) groups is 1. The first-order chi connectivity index (χ1) is 8.08. The highest BCUT2D eigenvalue weighted by Crippen LogP contribution is 2.15. The first-order valence-corrected chi connectivity index (χ1v) is 7.22. The minimum atomic E-state index is -3.28. The number of hydrogen-bond acceptors (Lipinski definition) is 3. The van der Waals surface area contributed by atoms with Gasteiger partial charge in [0.2, 0.25) is 10.0 Å². The molecule has 0 aromatic heterocycles. The van der Waals surface area contributed by atoms with E-state index in [1.807, 2.05) is 18.2 Å². The van der Waals surface area contributed by atoms with Gasteiger partial charge in [-0.05, 0) is 5.56 Å². The molecule has 0 aliphatic carbocycles. The number of hydrogen-bond donors (Lipinski definition) is 0. The first kappa shape index (κ1) is 12.3. The highest BCUT2D eigenvalue weighted by molar-refractivity contribution is 7.88. The number of ketones is 1. The minimum Gasteiger partial charge on any atom is -0.300 e. The van der Waals surface area contributed by atoms with E-state index in [-0.39, 0.29) is 11.5 Å². The van der Waals surface area contributed by atoms with Gasteiger partial charge in [0.05, 0.1) is 5.75 Å². The summed E-state index contributed by atoms with van der Waals surface area (Å²) < 4.78 is 25.6. The fraction of sp³-hybridized carbons (Fsp3) is 0.417. The molecule has 5 heteroatoms. The molecule has 1 saturated heterocycles. The molecule has 17 heavy (non-hydrogen) atoms. The minimum absolute atomic E-state index is 0.0159. The zero-order valence-electron chi connectivity index (χ0n) is 9.50. The monoisotopic (exact) mass is 253 g/mol. The van der Waals surface area contributed by atoms with E-state index in [1.165, 1.54) is 4.31 Å². The third-order valence-corrected chi connectivity index (χ3v) is 4.72. The van der Waals surface area contributed by atoms with Gasteiger partial charge in [-0.2, -0.15) is 0 Å². The van der Waals surface area contributed by atoms with Gasteiger partial charge in [0.25, 0.3) is 0 Å². The van der Waals surface area contributed by atoms with Crippen molar-refractivity contribution in [1.29, 1.82) is 0 Å². The molecule has 4 nitrogen and oxygen atoms in total. The maximum Gasteiger partial charge on any atom is 0.218 e. The van der Waals surface area contributed by atoms with Crippen molar-refractivity contribution in [3.8, 4) is 0 Å². The quantitative estimate of drug-likeness (QED) is 0.813. The van der Waals surface area contributed by atoms with Crippen LogP contribution in [-0.2, 0) is 20.6 Å². The lowest BCUT2D eigenvalue weighted by molar-refractivity contribution is -0.120. The number of nitrogens with zero attached hydrogens (tertiary/aromatic N) is 1. The molecule has 1 aromatic rings. The third kappa shape index (κ3) is 3.14. The normalized spacial score (nSPS) is 18.2. The fourth-order valence-corrected chi connectivity index (χ4v) is 3.43. The molecule has 0 atom stereocenters. The van der Waals surface area contributed by atoms with E-state index in [1.54, 1.807) is 12.1 Å². The number of sulfonamides is 1. The summed E-state index contributed by atoms with van der Waals surface area (Å²) in [6.45, 7) is 0.655. The number of piperidine rings is 1. The Kier molecular flexibility index (Phi) is 3.59. The second-order valence-electron chi connectivity index (χ2n) is 4.18. The van der Waals surface area contributed by atoms with Gasteiger partial charge >= 0.3 is 0 Å². The van der Waals surface area contributed by atoms with Crippen LogP contribution in [0.2, 0.25) is 0 Å². The topological polar surface area (TPSA) is 54.5 Å². The molecule has 1 fully saturated rings. The van der Waals surface area contributed by atoms with Crippen molar-refractivity contribution in [2.75, 3.05) is 13.1 Å². The van der Waals surface area contributed by atoms with Crippen LogP contribution in [-0.4, -0.2) is 31.6 Å². The summed E-state index contributed by atoms with van der Waals surface area (Å²) >= 11 is 0. The largest absolute Gasteiger partial charge is 0.300 e. The molecule has 0 unspecified atom stereocenters. The van der Waals surface area contributed by atoms with E-state index >= 15 is 0 Å². The second-order valence-corrected chi connectivity index (χ2v) is 6.15. The van der Waals surface area contributed by atoms with Gasteiger partial charge in [-0.15, -0.1) is 0 Å². The molecule has 1 heterocycles. The Hall–Kier alpha value is -1.20. The van der Waals surface area contributed by atoms with Crippen LogP contribution < -0.4 is 0 Å². The maximum atomic E-state index is 12.1. The second kappa shape index (κ2) is 4.98. The summed E-state index contributed by atoms with van der Waals surface area (Å²) in [6, 6.07) is 9.10. The third-order valence-electron chi connectivity index (χ3n) is 2.87. The molecule has 0 N–H and O–H groups in total. The zero-order chi connectivity index (χ0) is 12.3. The number of rotatable bonds is 3. The van der Waals surface area contributed by atoms with Crippen molar-refractivity contribution < 1.29 is 13.2 Å². The molecule has 0 bridgehead atoms. The summed E-state index contributed by atoms with van der Waals surface area (Å²) in [7, 11) is -3.28. The van der Waals surface area contributed by atoms with E-state index in [4.69, 9.17) is 0 Å². The number of Topliss-reactive ketones (excluding diaryl/α,β-unsaturated/α-hetero) is 1. The van der Waals surface area contributed by atoms with Gasteiger partial charge in [0.15, 0.2) is 0 Å². The molecule has 2 rings (SSSR count). The summed E-state index contributed by atoms with van der Waals surface area (Å²) in [5, 5.41) is 0. The van der Waals surface area contributed by atoms with Crippen molar-refractivity contribution in [2.45, 2.75) is 18.6 Å². The maximum absolute atomic E-state index is 12.1. The standard InChI is InChI=1S/C12H15NO3S/c14-12-6-8-13(9-7-12)17(15,16)10-11-4-2-1-3-5-11/h1-5H,6-10H2. The van der Waals surface area contributed by atoms with E-state index < -0.39 is 10.0 Å². The average Bonchev–Trinajstić information content (AvgIpc) is 2.30. The van der Waals surface area contributed by atoms with E-state index in [9.17, 15) is 13.2 Å². The van der Waals surface area contributed by atoms with E-state index in [0.29, 0.717) is 25.9 Å². The molecule has 1 aliphatic heterocycles. The van der Waals surface area contributed by atoms with Gasteiger partial charge in [-0.1, -0.05) is 30.3 Å². The smallest absolute Gasteiger partial charge is 0.218 e. The van der Waals surface area contributed by atoms with Gasteiger partial charge in [-0.25, -0.2) is 12.7 Å². The first-order valence-electron chi connectivity index (χ1n) is 5.61. The molecule has 1 aromatic carbocycles. The van der Waals surface area contributed by atoms with Crippen LogP contribution >= 0.6 is 0 Å². The summed E-state index contributed by atoms with van der Waals surface area (Å²) in [5.74, 6) is 0.165. The van der Waals surface area contributed by atoms with Crippen LogP contribution in [0.15, 0.2) is 30.3 Å². The van der Waals surface area contributed by atoms with Gasteiger partial charge < -0.3 is 0 Å². The molecule has 0 saturated carbocycles. The molecular formula is C12H15NO3S. The van der Waals surface area contributed by atoms with Gasteiger partial charge in [-0.3, -0.25) is 4.79 Å². The Morgan fingerprint density at radius 1 is 1.06 bits per heavy atom. The SMILES string of the molecule is O=C1CCN(S(=O)(=O)Cc2ccccc2)CC1. The van der Waals surface area contributed by atoms with E-state index in [0.717, 1.165) is 5.56 Å². The van der Waals surface area contributed by atoms with Crippen molar-refractivity contribution in [3.05, 3.63) is 35.9 Å². The van der Waals surface area contributed by atoms with Crippen LogP contribution in [0.1, 0.15) is 18.4 Å². The molecular weight excluding hydrogens is 238 g/mol. The fourth-order valence-electron chi connectivity index (χ4n) is 1.89. The predicted octanol–water partition coefficient (Wildman–Crippen LogP) is 1.18. The molecule has 0 radical (unpaired) electrons. The van der Waals surface area contributed by atoms with Crippen LogP contribution in [0.25, 0.3) is 0 Å². The average molecular weight is 253 g/mol. The number of carbonyl (C=O) groups excluding carboxylic acids is 1. The van der Waals surface area contributed by atoms with Crippen LogP contribution in [0.5, 0.6) is 0 Å². The Morgan fingerprint density at radius 3 is 2.24 bits per heavy atom. The molecule has 0 amide bonds. The summed E-state index contributed by atoms with van der Waals surface area (Å²) in [5.41, 5.74) is 0.782. The van der Waals surface area contributed by atoms with Crippen LogP contribution in [0.4, 0.5) is 0 Å². The summed E-state index contributed by atoms with van der Waals surface area (Å²) in [4.78, 5) is 11.1. The Labute approximate surface area is 101 Å². The highest BCUT2D eigenvalue weighted by atomic mass is 32.2. The lowest BCUT2D eigenvalue weighted by Crippen LogP contribution is -2.39. The van der Waals surface area contributed by atoms with Crippen molar-refractivity contribution >= 4 is 15.8 Å². The van der Waals surface area contributed by atoms with Crippen LogP contribution in [0.3, 0.4) is 0 Å². The van der Waals surface area contributed by atoms with Crippen LogP contribution in [0, 0.1) is 0 Å². The summed E-state index contributed by atoms with van der Waals surface area (Å²) in [6.07, 6.45) is 0.683.